The molecule has 1 aromatic rings. The molecule has 0 unspecified atom stereocenters. The van der Waals surface area contributed by atoms with Gasteiger partial charge in [0.2, 0.25) is 15.9 Å². The zero-order chi connectivity index (χ0) is 16.9. The molecule has 0 aliphatic heterocycles. The van der Waals surface area contributed by atoms with Crippen molar-refractivity contribution in [1.82, 2.24) is 0 Å². The molecule has 0 bridgehead atoms. The number of carbonyl (C=O) groups excluding carboxylic acids is 2. The number of Topliss-reactive ketones (excluding diaryl/α,β-unsaturated/α-hetero) is 1. The molecule has 0 saturated heterocycles. The van der Waals surface area contributed by atoms with Gasteiger partial charge in [-0.15, -0.1) is 0 Å². The van der Waals surface area contributed by atoms with Crippen molar-refractivity contribution < 1.29 is 22.4 Å². The molecule has 1 aromatic carbocycles. The quantitative estimate of drug-likeness (QED) is 0.766. The average molecular weight is 327 g/mol. The van der Waals surface area contributed by atoms with Crippen LogP contribution in [0.15, 0.2) is 12.1 Å². The molecule has 0 spiro atoms. The Labute approximate surface area is 127 Å². The van der Waals surface area contributed by atoms with Gasteiger partial charge in [0.25, 0.3) is 0 Å². The summed E-state index contributed by atoms with van der Waals surface area (Å²) in [5, 5.41) is 11.1. The van der Waals surface area contributed by atoms with Crippen LogP contribution in [-0.4, -0.2) is 25.9 Å². The fourth-order valence-corrected chi connectivity index (χ4v) is 2.15. The first-order chi connectivity index (χ1) is 10.2. The predicted octanol–water partition coefficient (Wildman–Crippen LogP) is 1.38. The Morgan fingerprint density at radius 1 is 1.32 bits per heavy atom. The largest absolute Gasteiger partial charge is 0.323 e. The number of amides is 1. The zero-order valence-corrected chi connectivity index (χ0v) is 12.8. The minimum Gasteiger partial charge on any atom is -0.323 e. The maximum Gasteiger partial charge on any atom is 0.232 e. The van der Waals surface area contributed by atoms with Crippen LogP contribution in [0.2, 0.25) is 0 Å². The van der Waals surface area contributed by atoms with Crippen molar-refractivity contribution in [3.8, 4) is 6.07 Å². The van der Waals surface area contributed by atoms with Crippen molar-refractivity contribution in [1.29, 1.82) is 5.26 Å². The van der Waals surface area contributed by atoms with Crippen LogP contribution in [0, 0.1) is 17.1 Å². The number of nitriles is 1. The molecule has 0 heterocycles. The van der Waals surface area contributed by atoms with E-state index < -0.39 is 34.0 Å². The summed E-state index contributed by atoms with van der Waals surface area (Å²) in [6, 6.07) is 3.46. The van der Waals surface area contributed by atoms with Crippen molar-refractivity contribution in [2.45, 2.75) is 20.3 Å². The third-order valence-electron chi connectivity index (χ3n) is 2.56. The lowest BCUT2D eigenvalue weighted by atomic mass is 10.1. The number of sulfonamides is 1. The summed E-state index contributed by atoms with van der Waals surface area (Å²) in [6.07, 6.45) is -0.435. The minimum atomic E-state index is -3.67. The number of hydrogen-bond acceptors (Lipinski definition) is 5. The molecule has 2 N–H and O–H groups in total. The van der Waals surface area contributed by atoms with Crippen LogP contribution in [0.5, 0.6) is 0 Å². The molecule has 1 rings (SSSR count). The SMILES string of the molecule is CCS(=O)(=O)Nc1cc(NC(=O)CC(C)=O)c(F)cc1C#N. The lowest BCUT2D eigenvalue weighted by Crippen LogP contribution is -2.18. The first-order valence-corrected chi connectivity index (χ1v) is 7.87. The van der Waals surface area contributed by atoms with E-state index in [-0.39, 0.29) is 22.7 Å². The molecule has 118 valence electrons. The zero-order valence-electron chi connectivity index (χ0n) is 11.9. The number of rotatable bonds is 6. The number of carbonyl (C=O) groups is 2. The van der Waals surface area contributed by atoms with E-state index in [4.69, 9.17) is 5.26 Å². The number of nitrogens with zero attached hydrogens (tertiary/aromatic N) is 1. The van der Waals surface area contributed by atoms with Gasteiger partial charge in [0.05, 0.1) is 29.1 Å². The van der Waals surface area contributed by atoms with Crippen molar-refractivity contribution in [3.05, 3.63) is 23.5 Å². The van der Waals surface area contributed by atoms with Gasteiger partial charge in [0, 0.05) is 0 Å². The number of anilines is 2. The van der Waals surface area contributed by atoms with Gasteiger partial charge < -0.3 is 5.32 Å². The third kappa shape index (κ3) is 4.82. The van der Waals surface area contributed by atoms with E-state index in [9.17, 15) is 22.4 Å². The summed E-state index contributed by atoms with van der Waals surface area (Å²) in [6.45, 7) is 2.60. The van der Waals surface area contributed by atoms with E-state index in [0.717, 1.165) is 12.1 Å². The maximum absolute atomic E-state index is 13.8. The van der Waals surface area contributed by atoms with Gasteiger partial charge in [-0.3, -0.25) is 14.3 Å². The minimum absolute atomic E-state index is 0.149. The summed E-state index contributed by atoms with van der Waals surface area (Å²) in [7, 11) is -3.67. The fraction of sp³-hybridized carbons (Fsp3) is 0.308. The molecular formula is C13H14FN3O4S. The number of halogens is 1. The highest BCUT2D eigenvalue weighted by molar-refractivity contribution is 7.92. The van der Waals surface area contributed by atoms with Crippen LogP contribution in [0.4, 0.5) is 15.8 Å². The van der Waals surface area contributed by atoms with Crippen molar-refractivity contribution in [2.75, 3.05) is 15.8 Å². The van der Waals surface area contributed by atoms with Gasteiger partial charge in [-0.2, -0.15) is 5.26 Å². The Balaban J connectivity index is 3.18. The molecule has 7 nitrogen and oxygen atoms in total. The van der Waals surface area contributed by atoms with Gasteiger partial charge in [0.1, 0.15) is 17.7 Å². The van der Waals surface area contributed by atoms with Gasteiger partial charge in [-0.05, 0) is 26.0 Å². The monoisotopic (exact) mass is 327 g/mol. The number of nitrogens with one attached hydrogen (secondary N) is 2. The Hall–Kier alpha value is -2.47. The summed E-state index contributed by atoms with van der Waals surface area (Å²) in [4.78, 5) is 22.3. The van der Waals surface area contributed by atoms with Gasteiger partial charge in [-0.25, -0.2) is 12.8 Å². The summed E-state index contributed by atoms with van der Waals surface area (Å²) >= 11 is 0. The summed E-state index contributed by atoms with van der Waals surface area (Å²) in [5.74, 6) is -2.28. The standard InChI is InChI=1S/C13H14FN3O4S/c1-3-22(20,21)17-11-6-12(10(14)5-9(11)7-15)16-13(19)4-8(2)18/h5-6,17H,3-4H2,1-2H3,(H,16,19). The van der Waals surface area contributed by atoms with Gasteiger partial charge >= 0.3 is 0 Å². The molecular weight excluding hydrogens is 313 g/mol. The Morgan fingerprint density at radius 3 is 2.45 bits per heavy atom. The van der Waals surface area contributed by atoms with Crippen LogP contribution < -0.4 is 10.0 Å². The third-order valence-corrected chi connectivity index (χ3v) is 3.85. The maximum atomic E-state index is 13.8. The molecule has 0 aromatic heterocycles. The lowest BCUT2D eigenvalue weighted by Gasteiger charge is -2.12. The van der Waals surface area contributed by atoms with E-state index in [1.54, 1.807) is 6.07 Å². The van der Waals surface area contributed by atoms with E-state index in [0.29, 0.717) is 0 Å². The Kier molecular flexibility index (Phi) is 5.59. The molecule has 22 heavy (non-hydrogen) atoms. The summed E-state index contributed by atoms with van der Waals surface area (Å²) < 4.78 is 39.0. The highest BCUT2D eigenvalue weighted by Crippen LogP contribution is 2.25. The highest BCUT2D eigenvalue weighted by Gasteiger charge is 2.16. The van der Waals surface area contributed by atoms with Crippen LogP contribution in [0.3, 0.4) is 0 Å². The van der Waals surface area contributed by atoms with Crippen molar-refractivity contribution in [2.24, 2.45) is 0 Å². The Morgan fingerprint density at radius 2 is 1.95 bits per heavy atom. The number of benzene rings is 1. The van der Waals surface area contributed by atoms with Crippen LogP contribution >= 0.6 is 0 Å². The molecule has 0 saturated carbocycles. The van der Waals surface area contributed by atoms with Gasteiger partial charge in [0.15, 0.2) is 0 Å². The van der Waals surface area contributed by atoms with Crippen LogP contribution in [-0.2, 0) is 19.6 Å². The second-order valence-electron chi connectivity index (χ2n) is 4.42. The second kappa shape index (κ2) is 7.00. The molecule has 9 heteroatoms. The molecule has 1 amide bonds. The van der Waals surface area contributed by atoms with E-state index in [1.165, 1.54) is 13.8 Å². The fourth-order valence-electron chi connectivity index (χ4n) is 1.51. The topological polar surface area (TPSA) is 116 Å². The first kappa shape index (κ1) is 17.6. The van der Waals surface area contributed by atoms with E-state index >= 15 is 0 Å². The number of ketones is 1. The van der Waals surface area contributed by atoms with Crippen LogP contribution in [0.1, 0.15) is 25.8 Å². The molecule has 0 radical (unpaired) electrons. The average Bonchev–Trinajstić information content (AvgIpc) is 2.41. The number of hydrogen-bond donors (Lipinski definition) is 2. The van der Waals surface area contributed by atoms with E-state index in [2.05, 4.69) is 10.0 Å². The van der Waals surface area contributed by atoms with Gasteiger partial charge in [-0.1, -0.05) is 0 Å². The first-order valence-electron chi connectivity index (χ1n) is 6.22. The molecule has 0 fully saturated rings. The smallest absolute Gasteiger partial charge is 0.232 e. The van der Waals surface area contributed by atoms with Crippen molar-refractivity contribution >= 4 is 33.1 Å². The molecule has 0 aliphatic carbocycles. The molecule has 0 atom stereocenters. The highest BCUT2D eigenvalue weighted by atomic mass is 32.2. The lowest BCUT2D eigenvalue weighted by molar-refractivity contribution is -0.124. The summed E-state index contributed by atoms with van der Waals surface area (Å²) in [5.41, 5.74) is -0.693. The normalized spacial score (nSPS) is 10.6. The predicted molar refractivity (Wildman–Crippen MR) is 78.1 cm³/mol. The second-order valence-corrected chi connectivity index (χ2v) is 6.43. The Bertz CT molecular complexity index is 753. The van der Waals surface area contributed by atoms with Crippen molar-refractivity contribution in [3.63, 3.8) is 0 Å². The van der Waals surface area contributed by atoms with Crippen LogP contribution in [0.25, 0.3) is 0 Å². The molecule has 0 aliphatic rings. The van der Waals surface area contributed by atoms with E-state index in [1.807, 2.05) is 0 Å².